The summed E-state index contributed by atoms with van der Waals surface area (Å²) in [5.74, 6) is -2.08. The molecular weight excluding hydrogens is 230 g/mol. The van der Waals surface area contributed by atoms with Crippen LogP contribution in [0.25, 0.3) is 0 Å². The van der Waals surface area contributed by atoms with Gasteiger partial charge in [-0.2, -0.15) is 0 Å². The number of hydrogen-bond acceptors (Lipinski definition) is 6. The van der Waals surface area contributed by atoms with Crippen LogP contribution in [0.4, 0.5) is 0 Å². The summed E-state index contributed by atoms with van der Waals surface area (Å²) in [7, 11) is 2.49. The summed E-state index contributed by atoms with van der Waals surface area (Å²) >= 11 is 1.45. The Kier molecular flexibility index (Phi) is 4.42. The van der Waals surface area contributed by atoms with E-state index in [0.29, 0.717) is 0 Å². The van der Waals surface area contributed by atoms with E-state index in [-0.39, 0.29) is 6.42 Å². The van der Waals surface area contributed by atoms with E-state index in [4.69, 9.17) is 0 Å². The minimum Gasteiger partial charge on any atom is -0.468 e. The quantitative estimate of drug-likeness (QED) is 0.582. The molecule has 16 heavy (non-hydrogen) atoms. The van der Waals surface area contributed by atoms with E-state index in [1.54, 1.807) is 6.20 Å². The van der Waals surface area contributed by atoms with E-state index in [9.17, 15) is 9.59 Å². The molecule has 0 aromatic carbocycles. The zero-order valence-electron chi connectivity index (χ0n) is 9.35. The van der Waals surface area contributed by atoms with E-state index in [2.05, 4.69) is 14.5 Å². The van der Waals surface area contributed by atoms with Crippen molar-refractivity contribution in [1.29, 1.82) is 0 Å². The first kappa shape index (κ1) is 12.6. The Balaban J connectivity index is 2.78. The number of ether oxygens (including phenoxy) is 2. The van der Waals surface area contributed by atoms with E-state index in [1.165, 1.54) is 25.6 Å². The molecule has 0 radical (unpaired) electrons. The lowest BCUT2D eigenvalue weighted by atomic mass is 10.1. The number of nitrogens with zero attached hydrogens (tertiary/aromatic N) is 1. The maximum absolute atomic E-state index is 11.4. The average molecular weight is 243 g/mol. The molecule has 0 saturated carbocycles. The minimum atomic E-state index is -0.908. The summed E-state index contributed by atoms with van der Waals surface area (Å²) < 4.78 is 9.12. The summed E-state index contributed by atoms with van der Waals surface area (Å²) in [6.07, 6.45) is 1.92. The number of carbonyl (C=O) groups is 2. The standard InChI is InChI=1S/C10H13NO4S/c1-6-11-5-7(16-6)4-8(9(12)14-2)10(13)15-3/h5,8H,4H2,1-3H3. The van der Waals surface area contributed by atoms with Gasteiger partial charge in [0, 0.05) is 17.5 Å². The Labute approximate surface area is 97.4 Å². The van der Waals surface area contributed by atoms with Gasteiger partial charge in [0.2, 0.25) is 0 Å². The molecular formula is C10H13NO4S. The number of esters is 2. The van der Waals surface area contributed by atoms with E-state index >= 15 is 0 Å². The zero-order chi connectivity index (χ0) is 12.1. The van der Waals surface area contributed by atoms with Crippen molar-refractivity contribution >= 4 is 23.3 Å². The second-order valence-electron chi connectivity index (χ2n) is 3.15. The van der Waals surface area contributed by atoms with Gasteiger partial charge in [0.1, 0.15) is 0 Å². The number of aromatic nitrogens is 1. The number of hydrogen-bond donors (Lipinski definition) is 0. The van der Waals surface area contributed by atoms with Gasteiger partial charge < -0.3 is 9.47 Å². The van der Waals surface area contributed by atoms with Gasteiger partial charge in [0.05, 0.1) is 19.2 Å². The third-order valence-corrected chi connectivity index (χ3v) is 2.98. The van der Waals surface area contributed by atoms with Crippen molar-refractivity contribution in [1.82, 2.24) is 4.98 Å². The topological polar surface area (TPSA) is 65.5 Å². The van der Waals surface area contributed by atoms with Gasteiger partial charge >= 0.3 is 11.9 Å². The summed E-state index contributed by atoms with van der Waals surface area (Å²) in [5.41, 5.74) is 0. The van der Waals surface area contributed by atoms with Crippen molar-refractivity contribution in [3.63, 3.8) is 0 Å². The van der Waals surface area contributed by atoms with Crippen LogP contribution in [0.2, 0.25) is 0 Å². The normalized spacial score (nSPS) is 10.2. The molecule has 0 fully saturated rings. The van der Waals surface area contributed by atoms with Crippen molar-refractivity contribution in [3.05, 3.63) is 16.1 Å². The summed E-state index contributed by atoms with van der Waals surface area (Å²) in [5, 5.41) is 0.892. The molecule has 1 heterocycles. The first-order valence-corrected chi connectivity index (χ1v) is 5.47. The summed E-state index contributed by atoms with van der Waals surface area (Å²) in [6, 6.07) is 0. The lowest BCUT2D eigenvalue weighted by Gasteiger charge is -2.10. The van der Waals surface area contributed by atoms with Crippen LogP contribution in [0.5, 0.6) is 0 Å². The number of aryl methyl sites for hydroxylation is 1. The number of thiazole rings is 1. The second kappa shape index (κ2) is 5.60. The first-order chi connectivity index (χ1) is 7.58. The van der Waals surface area contributed by atoms with E-state index in [0.717, 1.165) is 9.88 Å². The zero-order valence-corrected chi connectivity index (χ0v) is 10.2. The van der Waals surface area contributed by atoms with E-state index in [1.807, 2.05) is 6.92 Å². The van der Waals surface area contributed by atoms with Crippen molar-refractivity contribution in [2.45, 2.75) is 13.3 Å². The average Bonchev–Trinajstić information content (AvgIpc) is 2.69. The Hall–Kier alpha value is -1.43. The molecule has 1 aromatic rings. The Bertz CT molecular complexity index is 372. The fraction of sp³-hybridized carbons (Fsp3) is 0.500. The van der Waals surface area contributed by atoms with Gasteiger partial charge in [-0.3, -0.25) is 9.59 Å². The van der Waals surface area contributed by atoms with Crippen LogP contribution in [0, 0.1) is 12.8 Å². The molecule has 0 saturated heterocycles. The molecule has 1 aromatic heterocycles. The van der Waals surface area contributed by atoms with Crippen molar-refractivity contribution < 1.29 is 19.1 Å². The summed E-state index contributed by atoms with van der Waals surface area (Å²) in [4.78, 5) is 27.7. The van der Waals surface area contributed by atoms with Crippen molar-refractivity contribution in [3.8, 4) is 0 Å². The lowest BCUT2D eigenvalue weighted by Crippen LogP contribution is -2.28. The first-order valence-electron chi connectivity index (χ1n) is 4.65. The molecule has 1 rings (SSSR count). The third kappa shape index (κ3) is 3.03. The number of methoxy groups -OCH3 is 2. The SMILES string of the molecule is COC(=O)C(Cc1cnc(C)s1)C(=O)OC. The van der Waals surface area contributed by atoms with Crippen LogP contribution in [0.1, 0.15) is 9.88 Å². The molecule has 0 aliphatic carbocycles. The number of carbonyl (C=O) groups excluding carboxylic acids is 2. The smallest absolute Gasteiger partial charge is 0.320 e. The molecule has 0 atom stereocenters. The van der Waals surface area contributed by atoms with E-state index < -0.39 is 17.9 Å². The molecule has 0 spiro atoms. The van der Waals surface area contributed by atoms with Gasteiger partial charge in [-0.25, -0.2) is 4.98 Å². The Morgan fingerprint density at radius 2 is 1.94 bits per heavy atom. The highest BCUT2D eigenvalue weighted by Crippen LogP contribution is 2.18. The van der Waals surface area contributed by atoms with Crippen LogP contribution < -0.4 is 0 Å². The van der Waals surface area contributed by atoms with Gasteiger partial charge in [-0.15, -0.1) is 11.3 Å². The highest BCUT2D eigenvalue weighted by molar-refractivity contribution is 7.11. The van der Waals surface area contributed by atoms with Gasteiger partial charge in [0.15, 0.2) is 5.92 Å². The maximum atomic E-state index is 11.4. The maximum Gasteiger partial charge on any atom is 0.320 e. The molecule has 0 aliphatic heterocycles. The monoisotopic (exact) mass is 243 g/mol. The van der Waals surface area contributed by atoms with Crippen molar-refractivity contribution in [2.75, 3.05) is 14.2 Å². The van der Waals surface area contributed by atoms with Crippen LogP contribution in [0.3, 0.4) is 0 Å². The molecule has 0 unspecified atom stereocenters. The largest absolute Gasteiger partial charge is 0.468 e. The molecule has 0 amide bonds. The van der Waals surface area contributed by atoms with Gasteiger partial charge in [-0.1, -0.05) is 0 Å². The predicted octanol–water partition coefficient (Wildman–Crippen LogP) is 0.956. The third-order valence-electron chi connectivity index (χ3n) is 2.05. The minimum absolute atomic E-state index is 0.269. The second-order valence-corrected chi connectivity index (χ2v) is 4.47. The molecule has 0 aliphatic rings. The molecule has 0 bridgehead atoms. The van der Waals surface area contributed by atoms with Gasteiger partial charge in [-0.05, 0) is 6.92 Å². The van der Waals surface area contributed by atoms with Crippen LogP contribution in [0.15, 0.2) is 6.20 Å². The Morgan fingerprint density at radius 3 is 2.31 bits per heavy atom. The fourth-order valence-corrected chi connectivity index (χ4v) is 2.09. The van der Waals surface area contributed by atoms with Crippen LogP contribution in [-0.2, 0) is 25.5 Å². The molecule has 6 heteroatoms. The summed E-state index contributed by atoms with van der Waals surface area (Å²) in [6.45, 7) is 1.86. The number of rotatable bonds is 4. The fourth-order valence-electron chi connectivity index (χ4n) is 1.25. The lowest BCUT2D eigenvalue weighted by molar-refractivity contribution is -0.158. The molecule has 88 valence electrons. The van der Waals surface area contributed by atoms with Crippen LogP contribution >= 0.6 is 11.3 Å². The highest BCUT2D eigenvalue weighted by atomic mass is 32.1. The van der Waals surface area contributed by atoms with Crippen LogP contribution in [-0.4, -0.2) is 31.1 Å². The van der Waals surface area contributed by atoms with Crippen molar-refractivity contribution in [2.24, 2.45) is 5.92 Å². The Morgan fingerprint density at radius 1 is 1.38 bits per heavy atom. The predicted molar refractivity (Wildman–Crippen MR) is 58.1 cm³/mol. The molecule has 0 N–H and O–H groups in total. The van der Waals surface area contributed by atoms with Gasteiger partial charge in [0.25, 0.3) is 0 Å². The molecule has 5 nitrogen and oxygen atoms in total. The highest BCUT2D eigenvalue weighted by Gasteiger charge is 2.29.